The number of nitrogens with zero attached hydrogens (tertiary/aromatic N) is 1. The Kier molecular flexibility index (Phi) is 4.13. The van der Waals surface area contributed by atoms with Crippen molar-refractivity contribution in [1.82, 2.24) is 10.2 Å². The summed E-state index contributed by atoms with van der Waals surface area (Å²) in [5, 5.41) is 2.57. The standard InChI is InChI=1S/C10H18N2O4S/c1-7-10(14)12(8(2)9(13)11-7)5-4-6-17(3,15)16/h7-8H,4-6H2,1-3H3,(H,11,13). The predicted molar refractivity (Wildman–Crippen MR) is 63.1 cm³/mol. The summed E-state index contributed by atoms with van der Waals surface area (Å²) in [4.78, 5) is 24.7. The van der Waals surface area contributed by atoms with Gasteiger partial charge in [-0.2, -0.15) is 0 Å². The second kappa shape index (κ2) is 5.03. The highest BCUT2D eigenvalue weighted by atomic mass is 32.2. The largest absolute Gasteiger partial charge is 0.343 e. The van der Waals surface area contributed by atoms with E-state index in [2.05, 4.69) is 5.32 Å². The van der Waals surface area contributed by atoms with Crippen LogP contribution < -0.4 is 5.32 Å². The molecular formula is C10H18N2O4S. The van der Waals surface area contributed by atoms with Gasteiger partial charge in [-0.15, -0.1) is 0 Å². The third kappa shape index (κ3) is 3.69. The normalized spacial score (nSPS) is 25.9. The first-order valence-corrected chi connectivity index (χ1v) is 7.57. The monoisotopic (exact) mass is 262 g/mol. The number of piperazine rings is 1. The van der Waals surface area contributed by atoms with E-state index in [1.54, 1.807) is 13.8 Å². The van der Waals surface area contributed by atoms with Gasteiger partial charge >= 0.3 is 0 Å². The van der Waals surface area contributed by atoms with Gasteiger partial charge in [-0.25, -0.2) is 8.42 Å². The fourth-order valence-electron chi connectivity index (χ4n) is 1.78. The third-order valence-corrected chi connectivity index (χ3v) is 3.80. The van der Waals surface area contributed by atoms with Crippen LogP contribution in [0.4, 0.5) is 0 Å². The van der Waals surface area contributed by atoms with Gasteiger partial charge in [0.1, 0.15) is 21.9 Å². The lowest BCUT2D eigenvalue weighted by molar-refractivity contribution is -0.148. The Hall–Kier alpha value is -1.11. The van der Waals surface area contributed by atoms with Gasteiger partial charge in [-0.3, -0.25) is 9.59 Å². The Morgan fingerprint density at radius 2 is 1.88 bits per heavy atom. The summed E-state index contributed by atoms with van der Waals surface area (Å²) in [5.41, 5.74) is 0. The topological polar surface area (TPSA) is 83.6 Å². The minimum absolute atomic E-state index is 0.0273. The summed E-state index contributed by atoms with van der Waals surface area (Å²) in [5.74, 6) is -0.332. The Morgan fingerprint density at radius 1 is 1.29 bits per heavy atom. The fraction of sp³-hybridized carbons (Fsp3) is 0.800. The predicted octanol–water partition coefficient (Wildman–Crippen LogP) is -0.843. The summed E-state index contributed by atoms with van der Waals surface area (Å²) in [6.07, 6.45) is 1.51. The first-order chi connectivity index (χ1) is 7.72. The highest BCUT2D eigenvalue weighted by molar-refractivity contribution is 7.90. The zero-order valence-electron chi connectivity index (χ0n) is 10.3. The first-order valence-electron chi connectivity index (χ1n) is 5.51. The molecule has 1 aliphatic heterocycles. The van der Waals surface area contributed by atoms with Crippen molar-refractivity contribution in [3.63, 3.8) is 0 Å². The summed E-state index contributed by atoms with van der Waals surface area (Å²) >= 11 is 0. The van der Waals surface area contributed by atoms with Gasteiger partial charge in [0, 0.05) is 12.8 Å². The number of hydrogen-bond acceptors (Lipinski definition) is 4. The lowest BCUT2D eigenvalue weighted by Gasteiger charge is -2.36. The zero-order valence-corrected chi connectivity index (χ0v) is 11.1. The number of carbonyl (C=O) groups excluding carboxylic acids is 2. The number of hydrogen-bond donors (Lipinski definition) is 1. The van der Waals surface area contributed by atoms with Crippen molar-refractivity contribution in [3.8, 4) is 0 Å². The molecule has 17 heavy (non-hydrogen) atoms. The van der Waals surface area contributed by atoms with Crippen molar-refractivity contribution in [2.75, 3.05) is 18.6 Å². The van der Waals surface area contributed by atoms with Crippen LogP contribution in [-0.2, 0) is 19.4 Å². The maximum absolute atomic E-state index is 11.8. The van der Waals surface area contributed by atoms with Crippen LogP contribution in [-0.4, -0.2) is 55.8 Å². The number of amides is 2. The number of carbonyl (C=O) groups is 2. The van der Waals surface area contributed by atoms with Gasteiger partial charge in [0.2, 0.25) is 11.8 Å². The first kappa shape index (κ1) is 14.0. The maximum atomic E-state index is 11.8. The van der Waals surface area contributed by atoms with Crippen molar-refractivity contribution >= 4 is 21.7 Å². The maximum Gasteiger partial charge on any atom is 0.245 e. The molecule has 0 bridgehead atoms. The second-order valence-corrected chi connectivity index (χ2v) is 6.68. The van der Waals surface area contributed by atoms with Crippen molar-refractivity contribution < 1.29 is 18.0 Å². The lowest BCUT2D eigenvalue weighted by atomic mass is 10.1. The van der Waals surface area contributed by atoms with Crippen LogP contribution in [0.3, 0.4) is 0 Å². The summed E-state index contributed by atoms with van der Waals surface area (Å²) < 4.78 is 22.0. The molecule has 2 unspecified atom stereocenters. The molecule has 0 aromatic carbocycles. The summed E-state index contributed by atoms with van der Waals surface area (Å²) in [7, 11) is -3.03. The van der Waals surface area contributed by atoms with E-state index in [1.807, 2.05) is 0 Å². The lowest BCUT2D eigenvalue weighted by Crippen LogP contribution is -2.61. The molecular weight excluding hydrogens is 244 g/mol. The van der Waals surface area contributed by atoms with E-state index in [0.717, 1.165) is 6.26 Å². The van der Waals surface area contributed by atoms with Crippen molar-refractivity contribution in [1.29, 1.82) is 0 Å². The molecule has 1 saturated heterocycles. The molecule has 1 fully saturated rings. The van der Waals surface area contributed by atoms with Crippen molar-refractivity contribution in [3.05, 3.63) is 0 Å². The molecule has 0 aromatic rings. The SMILES string of the molecule is CC1NC(=O)C(C)N(CCCS(C)(=O)=O)C1=O. The number of sulfone groups is 1. The Bertz CT molecular complexity index is 418. The fourth-order valence-corrected chi connectivity index (χ4v) is 2.43. The Morgan fingerprint density at radius 3 is 2.41 bits per heavy atom. The van der Waals surface area contributed by atoms with Crippen LogP contribution >= 0.6 is 0 Å². The van der Waals surface area contributed by atoms with Crippen LogP contribution in [0.5, 0.6) is 0 Å². The molecule has 1 N–H and O–H groups in total. The average Bonchev–Trinajstić information content (AvgIpc) is 2.19. The Labute approximate surface area is 101 Å². The van der Waals surface area contributed by atoms with E-state index in [9.17, 15) is 18.0 Å². The Balaban J connectivity index is 2.61. The van der Waals surface area contributed by atoms with Crippen molar-refractivity contribution in [2.45, 2.75) is 32.4 Å². The van der Waals surface area contributed by atoms with Gasteiger partial charge in [0.15, 0.2) is 0 Å². The molecule has 6 nitrogen and oxygen atoms in total. The van der Waals surface area contributed by atoms with Crippen LogP contribution in [0.1, 0.15) is 20.3 Å². The van der Waals surface area contributed by atoms with E-state index < -0.39 is 21.9 Å². The van der Waals surface area contributed by atoms with E-state index in [-0.39, 0.29) is 17.6 Å². The molecule has 0 spiro atoms. The van der Waals surface area contributed by atoms with Gasteiger partial charge in [-0.05, 0) is 20.3 Å². The smallest absolute Gasteiger partial charge is 0.245 e. The van der Waals surface area contributed by atoms with Crippen LogP contribution in [0, 0.1) is 0 Å². The van der Waals surface area contributed by atoms with Crippen LogP contribution in [0.2, 0.25) is 0 Å². The van der Waals surface area contributed by atoms with Gasteiger partial charge in [0.05, 0.1) is 5.75 Å². The third-order valence-electron chi connectivity index (χ3n) is 2.77. The molecule has 7 heteroatoms. The summed E-state index contributed by atoms with van der Waals surface area (Å²) in [6, 6.07) is -1.06. The van der Waals surface area contributed by atoms with E-state index in [0.29, 0.717) is 13.0 Å². The zero-order chi connectivity index (χ0) is 13.2. The van der Waals surface area contributed by atoms with E-state index in [1.165, 1.54) is 4.90 Å². The molecule has 0 saturated carbocycles. The molecule has 2 atom stereocenters. The minimum Gasteiger partial charge on any atom is -0.343 e. The van der Waals surface area contributed by atoms with E-state index >= 15 is 0 Å². The molecule has 0 radical (unpaired) electrons. The van der Waals surface area contributed by atoms with Gasteiger partial charge < -0.3 is 10.2 Å². The average molecular weight is 262 g/mol. The molecule has 1 rings (SSSR count). The quantitative estimate of drug-likeness (QED) is 0.716. The van der Waals surface area contributed by atoms with Gasteiger partial charge in [0.25, 0.3) is 0 Å². The van der Waals surface area contributed by atoms with Crippen molar-refractivity contribution in [2.24, 2.45) is 0 Å². The highest BCUT2D eigenvalue weighted by Crippen LogP contribution is 2.10. The molecule has 1 aliphatic rings. The minimum atomic E-state index is -3.03. The molecule has 98 valence electrons. The molecule has 2 amide bonds. The molecule has 1 heterocycles. The van der Waals surface area contributed by atoms with E-state index in [4.69, 9.17) is 0 Å². The highest BCUT2D eigenvalue weighted by Gasteiger charge is 2.35. The number of nitrogens with one attached hydrogen (secondary N) is 1. The van der Waals surface area contributed by atoms with Crippen LogP contribution in [0.25, 0.3) is 0 Å². The number of rotatable bonds is 4. The second-order valence-electron chi connectivity index (χ2n) is 4.42. The van der Waals surface area contributed by atoms with Gasteiger partial charge in [-0.1, -0.05) is 0 Å². The van der Waals surface area contributed by atoms with Crippen LogP contribution in [0.15, 0.2) is 0 Å². The molecule has 0 aromatic heterocycles. The summed E-state index contributed by atoms with van der Waals surface area (Å²) in [6.45, 7) is 3.56. The molecule has 0 aliphatic carbocycles.